The van der Waals surface area contributed by atoms with E-state index in [4.69, 9.17) is 17.0 Å². The Morgan fingerprint density at radius 2 is 2.14 bits per heavy atom. The highest BCUT2D eigenvalue weighted by atomic mass is 32.1. The van der Waals surface area contributed by atoms with Crippen molar-refractivity contribution in [3.05, 3.63) is 24.0 Å². The highest BCUT2D eigenvalue weighted by molar-refractivity contribution is 7.80. The maximum atomic E-state index is 10.4. The molecule has 0 aromatic carbocycles. The Kier molecular flexibility index (Phi) is 4.99. The SMILES string of the molecule is C=C1NC(=S)NC=C1C1O[C@H](CCP(=C)(C)C)[C@@H](O)[C@H]1C. The van der Waals surface area contributed by atoms with Crippen LogP contribution in [0.5, 0.6) is 0 Å². The average Bonchev–Trinajstić information content (AvgIpc) is 2.64. The number of aliphatic hydroxyl groups excluding tert-OH is 1. The van der Waals surface area contributed by atoms with Crippen molar-refractivity contribution in [1.29, 1.82) is 0 Å². The maximum absolute atomic E-state index is 10.4. The summed E-state index contributed by atoms with van der Waals surface area (Å²) in [6, 6.07) is 0. The zero-order valence-corrected chi connectivity index (χ0v) is 14.6. The molecule has 2 aliphatic heterocycles. The van der Waals surface area contributed by atoms with Crippen molar-refractivity contribution in [3.8, 4) is 0 Å². The minimum Gasteiger partial charge on any atom is -0.390 e. The molecule has 4 nitrogen and oxygen atoms in total. The van der Waals surface area contributed by atoms with E-state index in [1.165, 1.54) is 0 Å². The molecule has 1 unspecified atom stereocenters. The summed E-state index contributed by atoms with van der Waals surface area (Å²) >= 11 is 5.05. The quantitative estimate of drug-likeness (QED) is 0.542. The van der Waals surface area contributed by atoms with Crippen LogP contribution in [0, 0.1) is 5.92 Å². The molecule has 2 aliphatic rings. The highest BCUT2D eigenvalue weighted by Crippen LogP contribution is 2.40. The van der Waals surface area contributed by atoms with Gasteiger partial charge in [0.2, 0.25) is 0 Å². The van der Waals surface area contributed by atoms with Gasteiger partial charge in [0.15, 0.2) is 5.11 Å². The third-order valence-corrected chi connectivity index (χ3v) is 5.70. The van der Waals surface area contributed by atoms with E-state index in [9.17, 15) is 5.11 Å². The van der Waals surface area contributed by atoms with Crippen LogP contribution in [0.2, 0.25) is 0 Å². The lowest BCUT2D eigenvalue weighted by Gasteiger charge is -2.26. The summed E-state index contributed by atoms with van der Waals surface area (Å²) in [7, 11) is 0. The fourth-order valence-corrected chi connectivity index (χ4v) is 3.85. The molecule has 2 rings (SSSR count). The fourth-order valence-electron chi connectivity index (χ4n) is 2.71. The number of aliphatic hydroxyl groups is 1. The largest absolute Gasteiger partial charge is 0.390 e. The zero-order valence-electron chi connectivity index (χ0n) is 12.9. The first-order valence-corrected chi connectivity index (χ1v) is 10.6. The maximum Gasteiger partial charge on any atom is 0.174 e. The third-order valence-electron chi connectivity index (χ3n) is 4.02. The second kappa shape index (κ2) is 6.25. The van der Waals surface area contributed by atoms with E-state index < -0.39 is 13.0 Å². The van der Waals surface area contributed by atoms with E-state index in [-0.39, 0.29) is 18.1 Å². The van der Waals surface area contributed by atoms with Gasteiger partial charge in [-0.05, 0) is 38.1 Å². The molecule has 0 aromatic heterocycles. The minimum atomic E-state index is -1.10. The third kappa shape index (κ3) is 3.98. The van der Waals surface area contributed by atoms with Crippen LogP contribution < -0.4 is 10.6 Å². The van der Waals surface area contributed by atoms with E-state index in [1.807, 2.05) is 13.1 Å². The molecule has 0 spiro atoms. The monoisotopic (exact) mass is 328 g/mol. The molecule has 3 N–H and O–H groups in total. The van der Waals surface area contributed by atoms with E-state index in [1.54, 1.807) is 0 Å². The first kappa shape index (κ1) is 16.8. The molecule has 0 bridgehead atoms. The number of hydrogen-bond donors (Lipinski definition) is 3. The number of thiocarbonyl (C=S) groups is 1. The van der Waals surface area contributed by atoms with Gasteiger partial charge in [0.1, 0.15) is 0 Å². The van der Waals surface area contributed by atoms with Gasteiger partial charge in [0, 0.05) is 23.4 Å². The van der Waals surface area contributed by atoms with Crippen LogP contribution in [0.25, 0.3) is 0 Å². The summed E-state index contributed by atoms with van der Waals surface area (Å²) in [5.41, 5.74) is 1.68. The van der Waals surface area contributed by atoms with Gasteiger partial charge in [-0.15, -0.1) is 13.2 Å². The topological polar surface area (TPSA) is 53.5 Å². The molecule has 0 aromatic rings. The van der Waals surface area contributed by atoms with Crippen LogP contribution in [0.15, 0.2) is 24.0 Å². The normalized spacial score (nSPS) is 33.4. The molecule has 0 radical (unpaired) electrons. The molecule has 2 heterocycles. The summed E-state index contributed by atoms with van der Waals surface area (Å²) in [4.78, 5) is 0. The Hall–Kier alpha value is -0.610. The molecule has 21 heavy (non-hydrogen) atoms. The van der Waals surface area contributed by atoms with Crippen molar-refractivity contribution in [1.82, 2.24) is 10.6 Å². The van der Waals surface area contributed by atoms with Gasteiger partial charge in [-0.25, -0.2) is 0 Å². The number of rotatable bonds is 4. The summed E-state index contributed by atoms with van der Waals surface area (Å²) in [6.45, 7) is 9.31. The molecule has 1 saturated heterocycles. The van der Waals surface area contributed by atoms with Crippen LogP contribution in [0.1, 0.15) is 13.3 Å². The van der Waals surface area contributed by atoms with Gasteiger partial charge in [0.25, 0.3) is 0 Å². The first-order valence-electron chi connectivity index (χ1n) is 7.17. The van der Waals surface area contributed by atoms with E-state index in [0.717, 1.165) is 23.9 Å². The molecule has 0 saturated carbocycles. The highest BCUT2D eigenvalue weighted by Gasteiger charge is 2.43. The van der Waals surface area contributed by atoms with Gasteiger partial charge in [-0.3, -0.25) is 0 Å². The van der Waals surface area contributed by atoms with Gasteiger partial charge in [-0.2, -0.15) is 0 Å². The van der Waals surface area contributed by atoms with Crippen molar-refractivity contribution < 1.29 is 9.84 Å². The number of ether oxygens (including phenoxy) is 1. The molecule has 6 heteroatoms. The molecule has 4 atom stereocenters. The molecule has 1 fully saturated rings. The predicted molar refractivity (Wildman–Crippen MR) is 95.3 cm³/mol. The first-order chi connectivity index (χ1) is 9.69. The van der Waals surface area contributed by atoms with Gasteiger partial charge in [0.05, 0.1) is 18.3 Å². The van der Waals surface area contributed by atoms with Crippen molar-refractivity contribution in [2.24, 2.45) is 5.92 Å². The van der Waals surface area contributed by atoms with Crippen LogP contribution >= 0.6 is 19.1 Å². The molecule has 0 amide bonds. The second-order valence-electron chi connectivity index (χ2n) is 6.57. The van der Waals surface area contributed by atoms with Crippen molar-refractivity contribution in [2.45, 2.75) is 31.7 Å². The lowest BCUT2D eigenvalue weighted by atomic mass is 9.92. The fraction of sp³-hybridized carbons (Fsp3) is 0.600. The smallest absolute Gasteiger partial charge is 0.174 e. The van der Waals surface area contributed by atoms with Crippen LogP contribution in [-0.2, 0) is 4.74 Å². The Labute approximate surface area is 132 Å². The zero-order chi connectivity index (χ0) is 15.8. The predicted octanol–water partition coefficient (Wildman–Crippen LogP) is 1.73. The lowest BCUT2D eigenvalue weighted by Crippen LogP contribution is -2.39. The Morgan fingerprint density at radius 3 is 2.71 bits per heavy atom. The van der Waals surface area contributed by atoms with E-state index >= 15 is 0 Å². The Balaban J connectivity index is 2.08. The van der Waals surface area contributed by atoms with Crippen LogP contribution in [0.3, 0.4) is 0 Å². The average molecular weight is 328 g/mol. The van der Waals surface area contributed by atoms with Crippen molar-refractivity contribution in [2.75, 3.05) is 19.5 Å². The standard InChI is InChI=1S/C15H25N2O2PS/c1-9-13(18)12(6-7-20(3,4)5)19-14(9)11-8-16-15(21)17-10(11)2/h8-9,12-14,18H,2-3,6-7H2,1,4-5H3,(H2,16,17,21)/t9-,12-,13+,14?/m1/s1. The summed E-state index contributed by atoms with van der Waals surface area (Å²) < 4.78 is 6.11. The van der Waals surface area contributed by atoms with Crippen molar-refractivity contribution in [3.63, 3.8) is 0 Å². The summed E-state index contributed by atoms with van der Waals surface area (Å²) in [6.07, 6.45) is 7.18. The minimum absolute atomic E-state index is 0.0273. The molecule has 118 valence electrons. The van der Waals surface area contributed by atoms with Crippen molar-refractivity contribution >= 4 is 30.5 Å². The van der Waals surface area contributed by atoms with E-state index in [0.29, 0.717) is 5.11 Å². The summed E-state index contributed by atoms with van der Waals surface area (Å²) in [5, 5.41) is 17.0. The van der Waals surface area contributed by atoms with Gasteiger partial charge in [-0.1, -0.05) is 13.5 Å². The number of nitrogens with one attached hydrogen (secondary N) is 2. The van der Waals surface area contributed by atoms with Gasteiger partial charge >= 0.3 is 0 Å². The Bertz CT molecular complexity index is 526. The molecular weight excluding hydrogens is 303 g/mol. The molecule has 0 aliphatic carbocycles. The second-order valence-corrected chi connectivity index (χ2v) is 11.3. The lowest BCUT2D eigenvalue weighted by molar-refractivity contribution is 0.0201. The van der Waals surface area contributed by atoms with Crippen LogP contribution in [0.4, 0.5) is 0 Å². The molecular formula is C15H25N2O2PS. The van der Waals surface area contributed by atoms with E-state index in [2.05, 4.69) is 36.8 Å². The Morgan fingerprint density at radius 1 is 1.48 bits per heavy atom. The number of hydrogen-bond acceptors (Lipinski definition) is 3. The van der Waals surface area contributed by atoms with Gasteiger partial charge < -0.3 is 20.5 Å². The van der Waals surface area contributed by atoms with Crippen LogP contribution in [-0.4, -0.2) is 54.3 Å². The summed E-state index contributed by atoms with van der Waals surface area (Å²) in [5.74, 6) is 0.0273.